The minimum absolute atomic E-state index is 0.406. The molecule has 1 spiro atoms. The number of aromatic nitrogens is 2. The van der Waals surface area contributed by atoms with Crippen molar-refractivity contribution in [2.45, 2.75) is 5.41 Å². The predicted molar refractivity (Wildman–Crippen MR) is 131 cm³/mol. The van der Waals surface area contributed by atoms with Crippen molar-refractivity contribution >= 4 is 15.9 Å². The maximum atomic E-state index is 5.18. The first-order valence-corrected chi connectivity index (χ1v) is 11.5. The van der Waals surface area contributed by atoms with Gasteiger partial charge in [0, 0.05) is 21.8 Å². The van der Waals surface area contributed by atoms with Crippen molar-refractivity contribution in [3.63, 3.8) is 0 Å². The van der Waals surface area contributed by atoms with E-state index in [0.29, 0.717) is 0 Å². The van der Waals surface area contributed by atoms with Gasteiger partial charge in [0.05, 0.1) is 22.5 Å². The number of fused-ring (bicyclic) bond motifs is 10. The summed E-state index contributed by atoms with van der Waals surface area (Å²) >= 11 is 3.69. The van der Waals surface area contributed by atoms with Crippen LogP contribution in [0.3, 0.4) is 0 Å². The second kappa shape index (κ2) is 6.47. The quantitative estimate of drug-likeness (QED) is 0.251. The van der Waals surface area contributed by atoms with E-state index in [4.69, 9.17) is 9.97 Å². The topological polar surface area (TPSA) is 25.8 Å². The van der Waals surface area contributed by atoms with Gasteiger partial charge in [-0.3, -0.25) is 4.98 Å². The fourth-order valence-electron chi connectivity index (χ4n) is 5.59. The Morgan fingerprint density at radius 2 is 1.25 bits per heavy atom. The Balaban J connectivity index is 1.62. The summed E-state index contributed by atoms with van der Waals surface area (Å²) in [5, 5.41) is 0. The summed E-state index contributed by atoms with van der Waals surface area (Å²) in [5.74, 6) is 0. The Morgan fingerprint density at radius 3 is 1.97 bits per heavy atom. The Labute approximate surface area is 194 Å². The smallest absolute Gasteiger partial charge is 0.0945 e. The van der Waals surface area contributed by atoms with Crippen molar-refractivity contribution in [2.75, 3.05) is 0 Å². The van der Waals surface area contributed by atoms with E-state index in [1.807, 2.05) is 12.3 Å². The number of halogens is 1. The van der Waals surface area contributed by atoms with Gasteiger partial charge in [0.1, 0.15) is 0 Å². The van der Waals surface area contributed by atoms with Crippen molar-refractivity contribution in [2.24, 2.45) is 0 Å². The van der Waals surface area contributed by atoms with Crippen LogP contribution in [-0.4, -0.2) is 9.97 Å². The van der Waals surface area contributed by atoms with Crippen LogP contribution in [0.2, 0.25) is 0 Å². The van der Waals surface area contributed by atoms with Gasteiger partial charge < -0.3 is 0 Å². The monoisotopic (exact) mass is 472 g/mol. The molecule has 7 rings (SSSR count). The van der Waals surface area contributed by atoms with Gasteiger partial charge in [0.15, 0.2) is 0 Å². The molecule has 2 nitrogen and oxygen atoms in total. The molecular weight excluding hydrogens is 456 g/mol. The van der Waals surface area contributed by atoms with Crippen LogP contribution in [0.15, 0.2) is 108 Å². The molecule has 0 bridgehead atoms. The van der Waals surface area contributed by atoms with Crippen LogP contribution in [-0.2, 0) is 5.41 Å². The second-order valence-corrected chi connectivity index (χ2v) is 9.27. The van der Waals surface area contributed by atoms with Gasteiger partial charge in [0.2, 0.25) is 0 Å². The summed E-state index contributed by atoms with van der Waals surface area (Å²) in [7, 11) is 0. The predicted octanol–water partition coefficient (Wildman–Crippen LogP) is 7.25. The summed E-state index contributed by atoms with van der Waals surface area (Å²) in [6.07, 6.45) is 1.88. The molecule has 0 amide bonds. The zero-order valence-corrected chi connectivity index (χ0v) is 18.7. The van der Waals surface area contributed by atoms with Crippen molar-refractivity contribution in [1.82, 2.24) is 9.97 Å². The van der Waals surface area contributed by atoms with Gasteiger partial charge in [-0.1, -0.05) is 84.9 Å². The molecule has 32 heavy (non-hydrogen) atoms. The molecule has 2 aliphatic carbocycles. The number of benzene rings is 3. The highest BCUT2D eigenvalue weighted by molar-refractivity contribution is 9.10. The van der Waals surface area contributed by atoms with Crippen molar-refractivity contribution in [3.8, 4) is 33.8 Å². The molecule has 0 N–H and O–H groups in total. The SMILES string of the molecule is Brc1cnc2c(c1)C1(c3ccccc3-c3ccccc31)c1ccc(-c3ccccc3)nc1-2. The fourth-order valence-corrected chi connectivity index (χ4v) is 5.92. The lowest BCUT2D eigenvalue weighted by molar-refractivity contribution is 0.789. The largest absolute Gasteiger partial charge is 0.253 e. The third kappa shape index (κ3) is 2.19. The molecule has 0 fully saturated rings. The molecule has 0 saturated heterocycles. The summed E-state index contributed by atoms with van der Waals surface area (Å²) in [6, 6.07) is 34.5. The first-order valence-electron chi connectivity index (χ1n) is 10.7. The van der Waals surface area contributed by atoms with E-state index >= 15 is 0 Å². The highest BCUT2D eigenvalue weighted by Gasteiger charge is 2.52. The second-order valence-electron chi connectivity index (χ2n) is 8.35. The van der Waals surface area contributed by atoms with Crippen LogP contribution in [0.5, 0.6) is 0 Å². The summed E-state index contributed by atoms with van der Waals surface area (Å²) < 4.78 is 0.980. The highest BCUT2D eigenvalue weighted by Crippen LogP contribution is 2.62. The molecule has 2 aromatic heterocycles. The highest BCUT2D eigenvalue weighted by atomic mass is 79.9. The van der Waals surface area contributed by atoms with Crippen molar-refractivity contribution in [3.05, 3.63) is 130 Å². The van der Waals surface area contributed by atoms with Crippen LogP contribution >= 0.6 is 15.9 Å². The number of pyridine rings is 2. The minimum atomic E-state index is -0.406. The number of nitrogens with zero attached hydrogens (tertiary/aromatic N) is 2. The van der Waals surface area contributed by atoms with Crippen LogP contribution in [0, 0.1) is 0 Å². The Bertz CT molecular complexity index is 1490. The Hall–Kier alpha value is -3.56. The van der Waals surface area contributed by atoms with Gasteiger partial charge >= 0.3 is 0 Å². The third-order valence-electron chi connectivity index (χ3n) is 6.80. The van der Waals surface area contributed by atoms with Gasteiger partial charge in [0.25, 0.3) is 0 Å². The van der Waals surface area contributed by atoms with Crippen LogP contribution in [0.25, 0.3) is 33.8 Å². The van der Waals surface area contributed by atoms with Crippen molar-refractivity contribution in [1.29, 1.82) is 0 Å². The van der Waals surface area contributed by atoms with Crippen molar-refractivity contribution < 1.29 is 0 Å². The zero-order chi connectivity index (χ0) is 21.3. The Morgan fingerprint density at radius 1 is 0.594 bits per heavy atom. The first-order chi connectivity index (χ1) is 15.8. The fraction of sp³-hybridized carbons (Fsp3) is 0.0345. The number of rotatable bonds is 1. The van der Waals surface area contributed by atoms with E-state index in [1.165, 1.54) is 33.4 Å². The first kappa shape index (κ1) is 18.1. The lowest BCUT2D eigenvalue weighted by atomic mass is 9.71. The minimum Gasteiger partial charge on any atom is -0.253 e. The molecule has 3 heteroatoms. The average molecular weight is 473 g/mol. The molecule has 0 atom stereocenters. The van der Waals surface area contributed by atoms with E-state index in [0.717, 1.165) is 27.1 Å². The third-order valence-corrected chi connectivity index (χ3v) is 7.24. The van der Waals surface area contributed by atoms with E-state index in [1.54, 1.807) is 0 Å². The van der Waals surface area contributed by atoms with Gasteiger partial charge in [-0.25, -0.2) is 4.98 Å². The lowest BCUT2D eigenvalue weighted by Gasteiger charge is -2.29. The van der Waals surface area contributed by atoms with E-state index in [9.17, 15) is 0 Å². The van der Waals surface area contributed by atoms with E-state index < -0.39 is 5.41 Å². The molecule has 0 saturated carbocycles. The summed E-state index contributed by atoms with van der Waals surface area (Å²) in [6.45, 7) is 0. The zero-order valence-electron chi connectivity index (χ0n) is 17.1. The van der Waals surface area contributed by atoms with Crippen LogP contribution < -0.4 is 0 Å². The molecule has 0 radical (unpaired) electrons. The number of hydrogen-bond donors (Lipinski definition) is 0. The molecule has 2 heterocycles. The standard InChI is InChI=1S/C29H17BrN2/c30-19-16-25-27(31-17-19)28-24(14-15-26(32-28)18-8-2-1-3-9-18)29(25)22-12-6-4-10-20(22)21-11-5-7-13-23(21)29/h1-17H. The Kier molecular flexibility index (Phi) is 3.65. The lowest BCUT2D eigenvalue weighted by Crippen LogP contribution is -2.26. The summed E-state index contributed by atoms with van der Waals surface area (Å²) in [4.78, 5) is 10.1. The molecule has 3 aromatic carbocycles. The van der Waals surface area contributed by atoms with Crippen LogP contribution in [0.1, 0.15) is 22.3 Å². The number of hydrogen-bond acceptors (Lipinski definition) is 2. The molecule has 0 aliphatic heterocycles. The van der Waals surface area contributed by atoms with Gasteiger partial charge in [-0.05, 0) is 55.9 Å². The van der Waals surface area contributed by atoms with E-state index in [-0.39, 0.29) is 0 Å². The van der Waals surface area contributed by atoms with E-state index in [2.05, 4.69) is 107 Å². The normalized spacial score (nSPS) is 14.0. The molecule has 5 aromatic rings. The summed E-state index contributed by atoms with van der Waals surface area (Å²) in [5.41, 5.74) is 11.2. The maximum Gasteiger partial charge on any atom is 0.0945 e. The van der Waals surface area contributed by atoms with Gasteiger partial charge in [-0.2, -0.15) is 0 Å². The van der Waals surface area contributed by atoms with Gasteiger partial charge in [-0.15, -0.1) is 0 Å². The maximum absolute atomic E-state index is 5.18. The molecule has 0 unspecified atom stereocenters. The molecular formula is C29H17BrN2. The molecule has 150 valence electrons. The average Bonchev–Trinajstić information content (AvgIpc) is 3.31. The van der Waals surface area contributed by atoms with Crippen LogP contribution in [0.4, 0.5) is 0 Å². The molecule has 2 aliphatic rings.